The molecule has 2 aromatic rings. The summed E-state index contributed by atoms with van der Waals surface area (Å²) in [6.07, 6.45) is 25.4. The molecule has 22 N–H and O–H groups in total. The van der Waals surface area contributed by atoms with Gasteiger partial charge in [-0.3, -0.25) is 39.3 Å². The summed E-state index contributed by atoms with van der Waals surface area (Å²) in [6, 6.07) is -0.668. The van der Waals surface area contributed by atoms with Gasteiger partial charge >= 0.3 is 23.4 Å². The maximum absolute atomic E-state index is 12.2. The smallest absolute Gasteiger partial charge is 0.329 e. The van der Waals surface area contributed by atoms with E-state index in [0.717, 1.165) is 62.9 Å². The minimum Gasteiger partial charge on any atom is -0.388 e. The minimum absolute atomic E-state index is 0.139. The van der Waals surface area contributed by atoms with Gasteiger partial charge in [0.25, 0.3) is 11.1 Å². The Balaban J connectivity index is 0.000000226. The second-order valence-corrected chi connectivity index (χ2v) is 67.4. The summed E-state index contributed by atoms with van der Waals surface area (Å²) in [5, 5.41) is 147. The number of thiocarbonyl (C=S) groups is 2. The standard InChI is InChI=1S/2C17H30N3O5P.C15H25N2O4P.C15H25N2O3PS.C14H23N2O4P.C14H23N2O3PS/c2*1-5-7-18-10-20-9-11(16(23)19-17(20)24)15-14(22)13(21)12(25-15)6-8-26(2,3)4;1-9-10(8-17(2)15(20)16-9)14-13(19)12(18)11(21-14)6-7-22(3,4)5;1-9-10(8-17(2)15(22)16-9)14-13(19)12(18)11(20-14)6-7-21(3,4)5;1-8-9(7-15-14(19)16-8)13-12(18)11(17)10(20-13)5-6-21(2,3)4;1-8-9(7-15-14(21)16-8)13-12(18)11(17)10(19-13)5-6-20(2,3)4/h2*9,12-15,18,21-22H,2,5-8,10H2,1,3-4H3,(H,19,23,24);8,11-14,18-19H,1,3,6-7H2,2,4-5H3,(H,16,20);8,11-14,18-19H,1,3,6-7H2,2,4-5H3,(H,16,22);7,10-13,17-18H,1-2,5-6H2,3-4H3,(H2,15,16,19);7,10-13,17-18H,1-2,5-6H2,3-4H3,(H2,15,16,21)/t2*12-,13-,14-,15+;2*11-,12-,13-,14+;2*10-,11-,12-,13+/m111111/s1. The minimum atomic E-state index is -1.29. The summed E-state index contributed by atoms with van der Waals surface area (Å²) in [5.74, 6) is 0. The molecule has 0 unspecified atom stereocenters. The normalized spacial score (nSPS) is 30.6. The van der Waals surface area contributed by atoms with Crippen molar-refractivity contribution in [2.24, 2.45) is 0 Å². The molecule has 0 aromatic carbocycles. The fourth-order valence-electron chi connectivity index (χ4n) is 16.0. The number of urea groups is 2. The molecule has 6 saturated heterocycles. The van der Waals surface area contributed by atoms with Crippen molar-refractivity contribution in [3.05, 3.63) is 161 Å². The Morgan fingerprint density at radius 3 is 0.913 bits per heavy atom. The lowest BCUT2D eigenvalue weighted by Crippen LogP contribution is -2.42. The average Bonchev–Trinajstić information content (AvgIpc) is 1.64. The highest BCUT2D eigenvalue weighted by atomic mass is 32.1. The van der Waals surface area contributed by atoms with Gasteiger partial charge in [0.05, 0.1) is 61.1 Å². The number of aliphatic hydroxyl groups excluding tert-OH is 12. The lowest BCUT2D eigenvalue weighted by atomic mass is 9.99. The molecule has 0 radical (unpaired) electrons. The molecule has 46 heteroatoms. The van der Waals surface area contributed by atoms with Crippen LogP contribution in [0.5, 0.6) is 0 Å². The van der Waals surface area contributed by atoms with Gasteiger partial charge in [-0.05, 0) is 206 Å². The maximum Gasteiger partial charge on any atom is 0.329 e. The van der Waals surface area contributed by atoms with Gasteiger partial charge in [-0.1, -0.05) is 40.2 Å². The second-order valence-electron chi connectivity index (χ2n) is 40.7. The van der Waals surface area contributed by atoms with Gasteiger partial charge < -0.3 is 131 Å². The van der Waals surface area contributed by atoms with Gasteiger partial charge in [0.1, 0.15) is 110 Å². The van der Waals surface area contributed by atoms with Crippen molar-refractivity contribution < 1.29 is 99.3 Å². The summed E-state index contributed by atoms with van der Waals surface area (Å²) in [6.45, 7) is 39.3. The fraction of sp³-hybridized carbons (Fsp3) is 0.630. The second kappa shape index (κ2) is 51.3. The van der Waals surface area contributed by atoms with Gasteiger partial charge in [-0.15, -0.1) is 79.1 Å². The maximum atomic E-state index is 12.2. The van der Waals surface area contributed by atoms with Crippen LogP contribution in [-0.4, -0.2) is 429 Å². The Bertz CT molecular complexity index is 5040. The number of ether oxygens (including phenoxy) is 6. The summed E-state index contributed by atoms with van der Waals surface area (Å²) < 4.78 is 37.7. The van der Waals surface area contributed by atoms with Gasteiger partial charge in [-0.25, -0.2) is 19.2 Å². The van der Waals surface area contributed by atoms with Gasteiger partial charge in [0.2, 0.25) is 0 Å². The van der Waals surface area contributed by atoms with Crippen LogP contribution in [0.2, 0.25) is 0 Å². The third-order valence-electron chi connectivity index (χ3n) is 24.1. The van der Waals surface area contributed by atoms with Crippen LogP contribution in [0.25, 0.3) is 0 Å². The van der Waals surface area contributed by atoms with Crippen LogP contribution < -0.4 is 65.0 Å². The molecular weight excluding hydrogens is 1940 g/mol. The van der Waals surface area contributed by atoms with Crippen molar-refractivity contribution >= 4 is 126 Å². The Kier molecular flexibility index (Phi) is 44.3. The molecule has 4 amide bonds. The largest absolute Gasteiger partial charge is 0.388 e. The van der Waals surface area contributed by atoms with Gasteiger partial charge in [0, 0.05) is 96.4 Å². The lowest BCUT2D eigenvalue weighted by Gasteiger charge is -2.30. The predicted molar refractivity (Wildman–Crippen MR) is 573 cm³/mol. The monoisotopic (exact) mass is 2090 g/mol. The number of aromatic amines is 2. The molecule has 10 aliphatic heterocycles. The van der Waals surface area contributed by atoms with E-state index in [1.54, 1.807) is 30.5 Å². The number of aliphatic hydroxyl groups is 12. The summed E-state index contributed by atoms with van der Waals surface area (Å²) >= 11 is 10.1. The molecule has 0 saturated carbocycles. The molecule has 38 nitrogen and oxygen atoms in total. The topological polar surface area (TPSA) is 545 Å². The number of carbonyl (C=O) groups is 2. The Hall–Kier alpha value is -5.80. The molecule has 138 heavy (non-hydrogen) atoms. The van der Waals surface area contributed by atoms with Crippen LogP contribution >= 0.6 is 65.8 Å². The fourth-order valence-corrected chi connectivity index (χ4v) is 22.1. The van der Waals surface area contributed by atoms with Crippen LogP contribution in [0, 0.1) is 0 Å². The van der Waals surface area contributed by atoms with E-state index < -0.39 is 198 Å². The number of nitrogens with one attached hydrogen (secondary N) is 10. The van der Waals surface area contributed by atoms with E-state index in [0.29, 0.717) is 93.8 Å². The van der Waals surface area contributed by atoms with E-state index in [1.165, 1.54) is 32.6 Å². The highest BCUT2D eigenvalue weighted by molar-refractivity contribution is 7.80. The van der Waals surface area contributed by atoms with E-state index in [2.05, 4.69) is 197 Å². The van der Waals surface area contributed by atoms with Crippen molar-refractivity contribution in [1.29, 1.82) is 0 Å². The number of hydrogen-bond acceptors (Lipinski definition) is 28. The Morgan fingerprint density at radius 2 is 0.623 bits per heavy atom. The summed E-state index contributed by atoms with van der Waals surface area (Å²) in [7, 11) is 3.42. The number of hydrogen-bond donors (Lipinski definition) is 22. The third-order valence-corrected chi connectivity index (χ3v) is 33.5. The Morgan fingerprint density at radius 1 is 0.362 bits per heavy atom. The number of aromatic nitrogens is 4. The highest BCUT2D eigenvalue weighted by Crippen LogP contribution is 2.46. The zero-order chi connectivity index (χ0) is 104. The van der Waals surface area contributed by atoms with E-state index in [9.17, 15) is 90.0 Å². The van der Waals surface area contributed by atoms with Crippen LogP contribution in [0.15, 0.2) is 128 Å². The third kappa shape index (κ3) is 34.7. The molecule has 2 aromatic heterocycles. The SMILES string of the molecule is C=C1NC(=O)N(C)C=C1[C@@H]1O[C@H](CCP(=C)(C)C)[C@@H](O)[C@H]1O.C=C1NC(=O)NC=C1[C@@H]1O[C@H](CCP(=C)(C)C)[C@@H](O)[C@H]1O.C=C1NC(=S)N(C)C=C1[C@@H]1O[C@H](CCP(=C)(C)C)[C@@H](O)[C@H]1O.C=C1NC(=S)NC=C1[C@@H]1O[C@H](CCP(=C)(C)C)[C@@H](O)[C@H]1O.C=P(C)(C)CC[C@H]1O[C@@H](c2cn(CNCCC)c(=O)[nH]c2=O)[C@H](O)[C@@H]1O.C=P(C)(C)CC[C@H]1O[C@@H](c2cn(CNCCC)c(=O)[nH]c2=O)[C@H](O)[C@@H]1O. The van der Waals surface area contributed by atoms with E-state index in [-0.39, 0.29) is 48.7 Å². The van der Waals surface area contributed by atoms with Crippen LogP contribution in [0.3, 0.4) is 0 Å². The van der Waals surface area contributed by atoms with E-state index in [4.69, 9.17) is 52.9 Å². The van der Waals surface area contributed by atoms with Crippen molar-refractivity contribution in [1.82, 2.24) is 71.4 Å². The summed E-state index contributed by atoms with van der Waals surface area (Å²) in [4.78, 5) is 78.6. The molecule has 0 bridgehead atoms. The van der Waals surface area contributed by atoms with Crippen molar-refractivity contribution in [3.63, 3.8) is 0 Å². The zero-order valence-corrected chi connectivity index (χ0v) is 89.7. The number of carbonyl (C=O) groups excluding carboxylic acids is 2. The van der Waals surface area contributed by atoms with Gasteiger partial charge in [-0.2, -0.15) is 0 Å². The molecule has 12 heterocycles. The molecular formula is C92H156N14O24P6S2. The molecule has 6 fully saturated rings. The van der Waals surface area contributed by atoms with Gasteiger partial charge in [0.15, 0.2) is 10.2 Å². The number of H-pyrrole nitrogens is 2. The molecule has 0 spiro atoms. The predicted octanol–water partition coefficient (Wildman–Crippen LogP) is 1.66. The number of nitrogens with zero attached hydrogens (tertiary/aromatic N) is 4. The first-order valence-corrected chi connectivity index (χ1v) is 65.0. The van der Waals surface area contributed by atoms with Crippen molar-refractivity contribution in [2.75, 3.05) is 144 Å². The number of rotatable bonds is 32. The quantitative estimate of drug-likeness (QED) is 0.0281. The van der Waals surface area contributed by atoms with Crippen molar-refractivity contribution in [3.8, 4) is 0 Å². The molecule has 12 rings (SSSR count). The molecule has 0 aliphatic carbocycles. The highest BCUT2D eigenvalue weighted by Gasteiger charge is 2.51. The first-order valence-electron chi connectivity index (χ1n) is 45.9. The molecule has 780 valence electrons. The van der Waals surface area contributed by atoms with E-state index >= 15 is 0 Å². The lowest BCUT2D eigenvalue weighted by molar-refractivity contribution is 0.00491. The summed E-state index contributed by atoms with van der Waals surface area (Å²) in [5.41, 5.74) is 2.48. The first kappa shape index (κ1) is 119. The Labute approximate surface area is 822 Å². The number of amides is 4. The van der Waals surface area contributed by atoms with Crippen molar-refractivity contribution in [2.45, 2.75) is 225 Å². The van der Waals surface area contributed by atoms with Crippen LogP contribution in [-0.2, 0) is 41.8 Å². The zero-order valence-electron chi connectivity index (χ0n) is 82.7. The van der Waals surface area contributed by atoms with E-state index in [1.807, 2.05) is 20.9 Å². The first-order chi connectivity index (χ1) is 63.8. The van der Waals surface area contributed by atoms with Crippen LogP contribution in [0.1, 0.15) is 88.5 Å². The molecule has 24 atom stereocenters. The van der Waals surface area contributed by atoms with Crippen LogP contribution in [0.4, 0.5) is 9.59 Å². The average molecular weight is 2090 g/mol. The molecule has 10 aliphatic rings.